The predicted molar refractivity (Wildman–Crippen MR) is 66.4 cm³/mol. The van der Waals surface area contributed by atoms with Gasteiger partial charge < -0.3 is 10.1 Å². The Labute approximate surface area is 95.2 Å². The highest BCUT2D eigenvalue weighted by molar-refractivity contribution is 4.66. The van der Waals surface area contributed by atoms with Gasteiger partial charge in [0.25, 0.3) is 0 Å². The van der Waals surface area contributed by atoms with E-state index in [4.69, 9.17) is 4.74 Å². The van der Waals surface area contributed by atoms with Gasteiger partial charge in [-0.3, -0.25) is 4.90 Å². The highest BCUT2D eigenvalue weighted by atomic mass is 16.5. The van der Waals surface area contributed by atoms with Crippen LogP contribution in [-0.4, -0.2) is 50.8 Å². The molecule has 92 valence electrons. The second kappa shape index (κ2) is 10.4. The maximum atomic E-state index is 5.39. The average Bonchev–Trinajstić information content (AvgIpc) is 2.24. The molecule has 3 nitrogen and oxygen atoms in total. The van der Waals surface area contributed by atoms with Gasteiger partial charge in [0.05, 0.1) is 6.61 Å². The Morgan fingerprint density at radius 2 is 2.07 bits per heavy atom. The average molecular weight is 216 g/mol. The number of hydrogen-bond donors (Lipinski definition) is 1. The van der Waals surface area contributed by atoms with Crippen LogP contribution in [0.2, 0.25) is 0 Å². The largest absolute Gasteiger partial charge is 0.380 e. The van der Waals surface area contributed by atoms with Crippen LogP contribution in [0.5, 0.6) is 0 Å². The van der Waals surface area contributed by atoms with Crippen molar-refractivity contribution in [3.8, 4) is 0 Å². The Balaban J connectivity index is 3.62. The molecule has 0 aromatic heterocycles. The molecule has 0 fully saturated rings. The first-order chi connectivity index (χ1) is 7.26. The van der Waals surface area contributed by atoms with Crippen molar-refractivity contribution in [2.45, 2.75) is 39.7 Å². The van der Waals surface area contributed by atoms with Crippen molar-refractivity contribution in [1.29, 1.82) is 0 Å². The molecule has 0 aliphatic heterocycles. The Morgan fingerprint density at radius 1 is 1.33 bits per heavy atom. The number of rotatable bonds is 10. The standard InChI is InChI=1S/C12H28N2O/c1-5-14(10-11-15-6-2)12(3)8-7-9-13-4/h12-13H,5-11H2,1-4H3. The molecule has 0 aromatic carbocycles. The van der Waals surface area contributed by atoms with E-state index in [1.807, 2.05) is 14.0 Å². The third-order valence-corrected chi connectivity index (χ3v) is 2.81. The molecule has 1 atom stereocenters. The molecule has 0 radical (unpaired) electrons. The topological polar surface area (TPSA) is 24.5 Å². The van der Waals surface area contributed by atoms with Crippen molar-refractivity contribution >= 4 is 0 Å². The monoisotopic (exact) mass is 216 g/mol. The number of nitrogens with one attached hydrogen (secondary N) is 1. The van der Waals surface area contributed by atoms with Crippen molar-refractivity contribution in [1.82, 2.24) is 10.2 Å². The molecule has 0 saturated carbocycles. The Bertz CT molecular complexity index is 131. The Hall–Kier alpha value is -0.120. The van der Waals surface area contributed by atoms with Gasteiger partial charge in [-0.15, -0.1) is 0 Å². The quantitative estimate of drug-likeness (QED) is 0.563. The molecule has 0 saturated heterocycles. The molecule has 0 amide bonds. The fourth-order valence-corrected chi connectivity index (χ4v) is 1.77. The molecule has 0 aliphatic rings. The second-order valence-corrected chi connectivity index (χ2v) is 3.92. The van der Waals surface area contributed by atoms with Crippen LogP contribution >= 0.6 is 0 Å². The van der Waals surface area contributed by atoms with Crippen LogP contribution in [0.4, 0.5) is 0 Å². The van der Waals surface area contributed by atoms with Gasteiger partial charge in [0, 0.05) is 19.2 Å². The van der Waals surface area contributed by atoms with Crippen LogP contribution in [0.15, 0.2) is 0 Å². The molecule has 0 rings (SSSR count). The zero-order valence-corrected chi connectivity index (χ0v) is 10.9. The number of hydrogen-bond acceptors (Lipinski definition) is 3. The van der Waals surface area contributed by atoms with Gasteiger partial charge in [-0.1, -0.05) is 6.92 Å². The summed E-state index contributed by atoms with van der Waals surface area (Å²) in [4.78, 5) is 2.49. The minimum Gasteiger partial charge on any atom is -0.380 e. The zero-order chi connectivity index (χ0) is 11.5. The van der Waals surface area contributed by atoms with E-state index in [1.54, 1.807) is 0 Å². The maximum Gasteiger partial charge on any atom is 0.0593 e. The summed E-state index contributed by atoms with van der Waals surface area (Å²) in [6, 6.07) is 0.670. The van der Waals surface area contributed by atoms with Crippen molar-refractivity contribution in [3.63, 3.8) is 0 Å². The highest BCUT2D eigenvalue weighted by Gasteiger charge is 2.10. The Morgan fingerprint density at radius 3 is 2.60 bits per heavy atom. The van der Waals surface area contributed by atoms with E-state index in [2.05, 4.69) is 24.1 Å². The number of likely N-dealkylation sites (N-methyl/N-ethyl adjacent to an activating group) is 1. The van der Waals surface area contributed by atoms with E-state index in [9.17, 15) is 0 Å². The molecule has 1 unspecified atom stereocenters. The number of nitrogens with zero attached hydrogens (tertiary/aromatic N) is 1. The smallest absolute Gasteiger partial charge is 0.0593 e. The van der Waals surface area contributed by atoms with Crippen molar-refractivity contribution in [3.05, 3.63) is 0 Å². The maximum absolute atomic E-state index is 5.39. The van der Waals surface area contributed by atoms with Gasteiger partial charge in [0.1, 0.15) is 0 Å². The minimum absolute atomic E-state index is 0.670. The van der Waals surface area contributed by atoms with Gasteiger partial charge in [0.15, 0.2) is 0 Å². The molecule has 15 heavy (non-hydrogen) atoms. The summed E-state index contributed by atoms with van der Waals surface area (Å²) in [5.74, 6) is 0. The first-order valence-corrected chi connectivity index (χ1v) is 6.22. The minimum atomic E-state index is 0.670. The van der Waals surface area contributed by atoms with Crippen LogP contribution < -0.4 is 5.32 Å². The van der Waals surface area contributed by atoms with E-state index in [-0.39, 0.29) is 0 Å². The van der Waals surface area contributed by atoms with Gasteiger partial charge >= 0.3 is 0 Å². The van der Waals surface area contributed by atoms with Crippen molar-refractivity contribution < 1.29 is 4.74 Å². The van der Waals surface area contributed by atoms with Gasteiger partial charge in [0.2, 0.25) is 0 Å². The molecule has 0 aromatic rings. The van der Waals surface area contributed by atoms with Crippen molar-refractivity contribution in [2.24, 2.45) is 0 Å². The lowest BCUT2D eigenvalue weighted by atomic mass is 10.1. The molecule has 0 aliphatic carbocycles. The summed E-state index contributed by atoms with van der Waals surface area (Å²) in [6.07, 6.45) is 2.52. The fourth-order valence-electron chi connectivity index (χ4n) is 1.77. The zero-order valence-electron chi connectivity index (χ0n) is 10.9. The van der Waals surface area contributed by atoms with Gasteiger partial charge in [-0.05, 0) is 46.8 Å². The van der Waals surface area contributed by atoms with Crippen molar-refractivity contribution in [2.75, 3.05) is 39.9 Å². The van der Waals surface area contributed by atoms with Gasteiger partial charge in [-0.25, -0.2) is 0 Å². The predicted octanol–water partition coefficient (Wildman–Crippen LogP) is 1.73. The van der Waals surface area contributed by atoms with Gasteiger partial charge in [-0.2, -0.15) is 0 Å². The van der Waals surface area contributed by atoms with Crippen LogP contribution in [0.3, 0.4) is 0 Å². The molecule has 0 bridgehead atoms. The lowest BCUT2D eigenvalue weighted by Crippen LogP contribution is -2.36. The van der Waals surface area contributed by atoms with E-state index < -0.39 is 0 Å². The highest BCUT2D eigenvalue weighted by Crippen LogP contribution is 2.05. The normalized spacial score (nSPS) is 13.4. The molecule has 1 N–H and O–H groups in total. The first-order valence-electron chi connectivity index (χ1n) is 6.22. The fraction of sp³-hybridized carbons (Fsp3) is 1.00. The van der Waals surface area contributed by atoms with E-state index >= 15 is 0 Å². The third kappa shape index (κ3) is 7.77. The van der Waals surface area contributed by atoms with Crippen LogP contribution in [-0.2, 0) is 4.74 Å². The molecular weight excluding hydrogens is 188 g/mol. The van der Waals surface area contributed by atoms with Crippen LogP contribution in [0.25, 0.3) is 0 Å². The van der Waals surface area contributed by atoms with Crippen LogP contribution in [0.1, 0.15) is 33.6 Å². The summed E-state index contributed by atoms with van der Waals surface area (Å²) in [6.45, 7) is 11.6. The lowest BCUT2D eigenvalue weighted by molar-refractivity contribution is 0.0978. The summed E-state index contributed by atoms with van der Waals surface area (Å²) < 4.78 is 5.39. The third-order valence-electron chi connectivity index (χ3n) is 2.81. The van der Waals surface area contributed by atoms with E-state index in [0.717, 1.165) is 32.8 Å². The SMILES string of the molecule is CCOCCN(CC)C(C)CCCNC. The molecular formula is C12H28N2O. The summed E-state index contributed by atoms with van der Waals surface area (Å²) in [7, 11) is 2.01. The summed E-state index contributed by atoms with van der Waals surface area (Å²) >= 11 is 0. The molecule has 3 heteroatoms. The lowest BCUT2D eigenvalue weighted by Gasteiger charge is -2.27. The van der Waals surface area contributed by atoms with Crippen LogP contribution in [0, 0.1) is 0 Å². The van der Waals surface area contributed by atoms with E-state index in [1.165, 1.54) is 12.8 Å². The summed E-state index contributed by atoms with van der Waals surface area (Å²) in [5.41, 5.74) is 0. The summed E-state index contributed by atoms with van der Waals surface area (Å²) in [5, 5.41) is 3.19. The Kier molecular flexibility index (Phi) is 10.3. The molecule has 0 heterocycles. The first kappa shape index (κ1) is 14.9. The second-order valence-electron chi connectivity index (χ2n) is 3.92. The molecule has 0 spiro atoms. The number of ether oxygens (including phenoxy) is 1. The van der Waals surface area contributed by atoms with E-state index in [0.29, 0.717) is 6.04 Å².